The first-order chi connectivity index (χ1) is 10.6. The van der Waals surface area contributed by atoms with Crippen molar-refractivity contribution in [3.63, 3.8) is 0 Å². The number of aryl methyl sites for hydroxylation is 1. The van der Waals surface area contributed by atoms with Gasteiger partial charge in [0, 0.05) is 18.2 Å². The molecule has 0 atom stereocenters. The van der Waals surface area contributed by atoms with Crippen molar-refractivity contribution in [1.29, 1.82) is 0 Å². The van der Waals surface area contributed by atoms with Crippen molar-refractivity contribution >= 4 is 5.52 Å². The Kier molecular flexibility index (Phi) is 3.36. The molecule has 6 nitrogen and oxygen atoms in total. The molecule has 3 aromatic rings. The predicted molar refractivity (Wildman–Crippen MR) is 83.7 cm³/mol. The van der Waals surface area contributed by atoms with Crippen molar-refractivity contribution in [2.75, 3.05) is 14.2 Å². The highest BCUT2D eigenvalue weighted by Gasteiger charge is 2.13. The van der Waals surface area contributed by atoms with E-state index in [-0.39, 0.29) is 5.56 Å². The van der Waals surface area contributed by atoms with Crippen molar-refractivity contribution in [2.24, 2.45) is 7.05 Å². The summed E-state index contributed by atoms with van der Waals surface area (Å²) in [6.45, 7) is 1.87. The quantitative estimate of drug-likeness (QED) is 0.742. The molecule has 0 unspecified atom stereocenters. The molecule has 22 heavy (non-hydrogen) atoms. The van der Waals surface area contributed by atoms with Crippen LogP contribution >= 0.6 is 0 Å². The average molecular weight is 299 g/mol. The van der Waals surface area contributed by atoms with E-state index in [4.69, 9.17) is 9.47 Å². The average Bonchev–Trinajstić information content (AvgIpc) is 2.91. The van der Waals surface area contributed by atoms with Crippen LogP contribution in [-0.2, 0) is 7.05 Å². The third-order valence-electron chi connectivity index (χ3n) is 3.77. The topological polar surface area (TPSA) is 57.8 Å². The third-order valence-corrected chi connectivity index (χ3v) is 3.77. The number of ether oxygens (including phenoxy) is 2. The van der Waals surface area contributed by atoms with E-state index in [2.05, 4.69) is 5.10 Å². The van der Waals surface area contributed by atoms with Crippen LogP contribution < -0.4 is 15.0 Å². The minimum atomic E-state index is -0.0812. The Morgan fingerprint density at radius 2 is 1.86 bits per heavy atom. The first-order valence-electron chi connectivity index (χ1n) is 6.83. The van der Waals surface area contributed by atoms with E-state index in [1.807, 2.05) is 31.3 Å². The summed E-state index contributed by atoms with van der Waals surface area (Å²) in [6, 6.07) is 5.55. The van der Waals surface area contributed by atoms with Crippen LogP contribution in [0.3, 0.4) is 0 Å². The maximum Gasteiger partial charge on any atom is 0.277 e. The highest BCUT2D eigenvalue weighted by Crippen LogP contribution is 2.31. The van der Waals surface area contributed by atoms with Crippen molar-refractivity contribution in [3.05, 3.63) is 46.5 Å². The molecule has 0 fully saturated rings. The maximum atomic E-state index is 12.5. The molecule has 3 rings (SSSR count). The zero-order valence-corrected chi connectivity index (χ0v) is 13.0. The summed E-state index contributed by atoms with van der Waals surface area (Å²) < 4.78 is 13.8. The second-order valence-electron chi connectivity index (χ2n) is 5.07. The van der Waals surface area contributed by atoms with Gasteiger partial charge < -0.3 is 14.0 Å². The number of rotatable bonds is 3. The minimum absolute atomic E-state index is 0.0812. The molecule has 0 spiro atoms. The standard InChI is InChI=1S/C16H17N3O3/c1-10-8-17-19-9-12(18(2)16(20)15(10)19)11-5-6-13(21-3)14(7-11)22-4/h5-9H,1-4H3. The van der Waals surface area contributed by atoms with Crippen LogP contribution in [0.1, 0.15) is 5.56 Å². The number of hydrogen-bond acceptors (Lipinski definition) is 4. The SMILES string of the molecule is COc1ccc(-c2cn3ncc(C)c3c(=O)n2C)cc1OC. The molecule has 0 aliphatic heterocycles. The van der Waals surface area contributed by atoms with Crippen LogP contribution in [-0.4, -0.2) is 28.4 Å². The van der Waals surface area contributed by atoms with E-state index in [0.717, 1.165) is 16.8 Å². The van der Waals surface area contributed by atoms with Gasteiger partial charge in [0.1, 0.15) is 5.52 Å². The third kappa shape index (κ3) is 2.04. The van der Waals surface area contributed by atoms with Gasteiger partial charge in [0.25, 0.3) is 5.56 Å². The van der Waals surface area contributed by atoms with E-state index in [9.17, 15) is 4.79 Å². The summed E-state index contributed by atoms with van der Waals surface area (Å²) in [5.41, 5.74) is 2.97. The van der Waals surface area contributed by atoms with Crippen molar-refractivity contribution in [3.8, 4) is 22.8 Å². The Morgan fingerprint density at radius 3 is 2.55 bits per heavy atom. The molecule has 2 heterocycles. The summed E-state index contributed by atoms with van der Waals surface area (Å²) in [5.74, 6) is 1.26. The lowest BCUT2D eigenvalue weighted by molar-refractivity contribution is 0.355. The monoisotopic (exact) mass is 299 g/mol. The zero-order valence-electron chi connectivity index (χ0n) is 13.0. The molecule has 0 aliphatic rings. The van der Waals surface area contributed by atoms with E-state index in [1.54, 1.807) is 36.5 Å². The first kappa shape index (κ1) is 14.2. The molecular formula is C16H17N3O3. The normalized spacial score (nSPS) is 10.9. The van der Waals surface area contributed by atoms with Gasteiger partial charge in [-0.1, -0.05) is 0 Å². The van der Waals surface area contributed by atoms with Gasteiger partial charge in [-0.05, 0) is 25.1 Å². The van der Waals surface area contributed by atoms with Crippen LogP contribution in [0.25, 0.3) is 16.8 Å². The van der Waals surface area contributed by atoms with Crippen LogP contribution in [0.5, 0.6) is 11.5 Å². The van der Waals surface area contributed by atoms with Gasteiger partial charge in [-0.2, -0.15) is 5.10 Å². The summed E-state index contributed by atoms with van der Waals surface area (Å²) in [5, 5.41) is 4.23. The smallest absolute Gasteiger partial charge is 0.277 e. The van der Waals surface area contributed by atoms with Gasteiger partial charge in [0.05, 0.1) is 32.3 Å². The van der Waals surface area contributed by atoms with Crippen LogP contribution in [0.2, 0.25) is 0 Å². The fourth-order valence-electron chi connectivity index (χ4n) is 2.55. The minimum Gasteiger partial charge on any atom is -0.493 e. The molecule has 2 aromatic heterocycles. The van der Waals surface area contributed by atoms with E-state index >= 15 is 0 Å². The molecule has 0 bridgehead atoms. The van der Waals surface area contributed by atoms with Crippen LogP contribution in [0, 0.1) is 6.92 Å². The molecule has 6 heteroatoms. The Bertz CT molecular complexity index is 909. The van der Waals surface area contributed by atoms with Gasteiger partial charge in [-0.3, -0.25) is 4.79 Å². The second kappa shape index (κ2) is 5.22. The number of methoxy groups -OCH3 is 2. The van der Waals surface area contributed by atoms with Crippen molar-refractivity contribution in [1.82, 2.24) is 14.2 Å². The van der Waals surface area contributed by atoms with Gasteiger partial charge in [0.2, 0.25) is 0 Å². The highest BCUT2D eigenvalue weighted by molar-refractivity contribution is 5.66. The largest absolute Gasteiger partial charge is 0.493 e. The maximum absolute atomic E-state index is 12.5. The summed E-state index contributed by atoms with van der Waals surface area (Å²) in [4.78, 5) is 12.5. The molecule has 0 aliphatic carbocycles. The Balaban J connectivity index is 2.26. The zero-order chi connectivity index (χ0) is 15.9. The van der Waals surface area contributed by atoms with Crippen LogP contribution in [0.4, 0.5) is 0 Å². The van der Waals surface area contributed by atoms with E-state index < -0.39 is 0 Å². The van der Waals surface area contributed by atoms with Gasteiger partial charge in [-0.15, -0.1) is 0 Å². The number of fused-ring (bicyclic) bond motifs is 1. The number of aromatic nitrogens is 3. The predicted octanol–water partition coefficient (Wildman–Crippen LogP) is 2.03. The van der Waals surface area contributed by atoms with E-state index in [1.165, 1.54) is 0 Å². The molecule has 114 valence electrons. The Labute approximate surface area is 127 Å². The number of hydrogen-bond donors (Lipinski definition) is 0. The van der Waals surface area contributed by atoms with Crippen LogP contribution in [0.15, 0.2) is 35.4 Å². The molecule has 0 saturated heterocycles. The number of benzene rings is 1. The lowest BCUT2D eigenvalue weighted by Gasteiger charge is -2.12. The molecule has 0 amide bonds. The molecule has 1 aromatic carbocycles. The van der Waals surface area contributed by atoms with Crippen molar-refractivity contribution in [2.45, 2.75) is 6.92 Å². The van der Waals surface area contributed by atoms with Gasteiger partial charge >= 0.3 is 0 Å². The van der Waals surface area contributed by atoms with Gasteiger partial charge in [0.15, 0.2) is 11.5 Å². The first-order valence-corrected chi connectivity index (χ1v) is 6.83. The summed E-state index contributed by atoms with van der Waals surface area (Å²) in [6.07, 6.45) is 3.53. The fraction of sp³-hybridized carbons (Fsp3) is 0.250. The Hall–Kier alpha value is -2.76. The molecule has 0 radical (unpaired) electrons. The Morgan fingerprint density at radius 1 is 1.14 bits per heavy atom. The summed E-state index contributed by atoms with van der Waals surface area (Å²) in [7, 11) is 4.92. The molecule has 0 N–H and O–H groups in total. The fourth-order valence-corrected chi connectivity index (χ4v) is 2.55. The highest BCUT2D eigenvalue weighted by atomic mass is 16.5. The van der Waals surface area contributed by atoms with E-state index in [0.29, 0.717) is 17.0 Å². The lowest BCUT2D eigenvalue weighted by atomic mass is 10.1. The molecule has 0 saturated carbocycles. The van der Waals surface area contributed by atoms with Crippen molar-refractivity contribution < 1.29 is 9.47 Å². The molecular weight excluding hydrogens is 282 g/mol. The van der Waals surface area contributed by atoms with Gasteiger partial charge in [-0.25, -0.2) is 4.52 Å². The summed E-state index contributed by atoms with van der Waals surface area (Å²) >= 11 is 0. The lowest BCUT2D eigenvalue weighted by Crippen LogP contribution is -2.21. The second-order valence-corrected chi connectivity index (χ2v) is 5.07. The number of nitrogens with zero attached hydrogens (tertiary/aromatic N) is 3.